The minimum absolute atomic E-state index is 0.273. The van der Waals surface area contributed by atoms with Crippen molar-refractivity contribution in [2.75, 3.05) is 12.8 Å². The number of benzene rings is 1. The Morgan fingerprint density at radius 3 is 2.75 bits per heavy atom. The molecule has 1 N–H and O–H groups in total. The van der Waals surface area contributed by atoms with Crippen molar-refractivity contribution in [1.82, 2.24) is 15.1 Å². The molecule has 28 heavy (non-hydrogen) atoms. The molecule has 0 spiro atoms. The van der Waals surface area contributed by atoms with E-state index >= 15 is 0 Å². The first-order chi connectivity index (χ1) is 13.5. The Kier molecular flexibility index (Phi) is 7.40. The highest BCUT2D eigenvalue weighted by atomic mass is 79.9. The first-order valence-electron chi connectivity index (χ1n) is 9.80. The molecule has 3 rings (SSSR count). The Morgan fingerprint density at radius 1 is 1.21 bits per heavy atom. The molecule has 2 aliphatic heterocycles. The zero-order chi connectivity index (χ0) is 20.1. The molecule has 1 fully saturated rings. The molecule has 0 saturated carbocycles. The van der Waals surface area contributed by atoms with Gasteiger partial charge in [0.15, 0.2) is 17.4 Å². The Morgan fingerprint density at radius 2 is 2.00 bits per heavy atom. The van der Waals surface area contributed by atoms with Crippen LogP contribution in [0, 0.1) is 0 Å². The van der Waals surface area contributed by atoms with E-state index in [2.05, 4.69) is 34.2 Å². The summed E-state index contributed by atoms with van der Waals surface area (Å²) in [5.41, 5.74) is 1.10. The second-order valence-electron chi connectivity index (χ2n) is 7.20. The number of imide groups is 1. The van der Waals surface area contributed by atoms with Crippen LogP contribution < -0.4 is 5.32 Å². The maximum atomic E-state index is 12.6. The first kappa shape index (κ1) is 21.2. The predicted molar refractivity (Wildman–Crippen MR) is 117 cm³/mol. The van der Waals surface area contributed by atoms with Crippen molar-refractivity contribution in [1.29, 1.82) is 0 Å². The third-order valence-electron chi connectivity index (χ3n) is 5.04. The van der Waals surface area contributed by atoms with Crippen molar-refractivity contribution in [3.63, 3.8) is 0 Å². The number of thioether (sulfide) groups is 1. The lowest BCUT2D eigenvalue weighted by Gasteiger charge is -2.36. The van der Waals surface area contributed by atoms with E-state index in [0.717, 1.165) is 27.4 Å². The van der Waals surface area contributed by atoms with E-state index in [0.29, 0.717) is 6.54 Å². The Balaban J connectivity index is 1.73. The Labute approximate surface area is 179 Å². The smallest absolute Gasteiger partial charge is 0.325 e. The molecule has 1 aromatic rings. The van der Waals surface area contributed by atoms with E-state index in [4.69, 9.17) is 4.99 Å². The van der Waals surface area contributed by atoms with Gasteiger partial charge in [0.25, 0.3) is 5.91 Å². The van der Waals surface area contributed by atoms with Gasteiger partial charge in [-0.2, -0.15) is 0 Å². The summed E-state index contributed by atoms with van der Waals surface area (Å²) in [6.07, 6.45) is 5.65. The molecule has 0 aliphatic carbocycles. The number of halogens is 1. The van der Waals surface area contributed by atoms with Crippen molar-refractivity contribution in [2.45, 2.75) is 57.8 Å². The van der Waals surface area contributed by atoms with E-state index in [1.165, 1.54) is 30.6 Å². The predicted octanol–water partition coefficient (Wildman–Crippen LogP) is 4.20. The molecular formula is C20H27BrN4O2S. The van der Waals surface area contributed by atoms with Gasteiger partial charge in [0.05, 0.1) is 0 Å². The quantitative estimate of drug-likeness (QED) is 0.582. The molecule has 2 atom stereocenters. The maximum Gasteiger partial charge on any atom is 0.325 e. The second-order valence-corrected chi connectivity index (χ2v) is 9.17. The van der Waals surface area contributed by atoms with Gasteiger partial charge in [0.2, 0.25) is 0 Å². The molecule has 1 saturated heterocycles. The fourth-order valence-electron chi connectivity index (χ4n) is 3.49. The molecule has 0 bridgehead atoms. The van der Waals surface area contributed by atoms with Crippen LogP contribution in [0.15, 0.2) is 33.7 Å². The lowest BCUT2D eigenvalue weighted by molar-refractivity contribution is -0.127. The number of rotatable bonds is 8. The van der Waals surface area contributed by atoms with Gasteiger partial charge in [-0.15, -0.1) is 0 Å². The minimum atomic E-state index is -0.482. The highest BCUT2D eigenvalue weighted by Gasteiger charge is 2.48. The van der Waals surface area contributed by atoms with Crippen LogP contribution in [0.5, 0.6) is 0 Å². The van der Waals surface area contributed by atoms with Gasteiger partial charge in [0, 0.05) is 23.8 Å². The van der Waals surface area contributed by atoms with Crippen LogP contribution in [0.3, 0.4) is 0 Å². The molecule has 1 aromatic carbocycles. The number of nitrogens with one attached hydrogen (secondary N) is 1. The van der Waals surface area contributed by atoms with Gasteiger partial charge in [-0.05, 0) is 24.1 Å². The third-order valence-corrected chi connectivity index (χ3v) is 6.63. The lowest BCUT2D eigenvalue weighted by atomic mass is 10.1. The number of aliphatic imine (C=N–C) groups is 1. The zero-order valence-electron chi connectivity index (χ0n) is 16.4. The molecule has 6 nitrogen and oxygen atoms in total. The van der Waals surface area contributed by atoms with Crippen LogP contribution in [0.4, 0.5) is 4.79 Å². The van der Waals surface area contributed by atoms with Crippen LogP contribution in [0.1, 0.15) is 44.6 Å². The van der Waals surface area contributed by atoms with Crippen molar-refractivity contribution in [3.8, 4) is 0 Å². The number of unbranched alkanes of at least 4 members (excludes halogenated alkanes) is 4. The number of hydrogen-bond acceptors (Lipinski definition) is 5. The molecule has 0 radical (unpaired) electrons. The minimum Gasteiger partial charge on any atom is -0.331 e. The van der Waals surface area contributed by atoms with Gasteiger partial charge in [-0.3, -0.25) is 10.1 Å². The number of nitrogens with zero attached hydrogens (tertiary/aromatic N) is 3. The van der Waals surface area contributed by atoms with Crippen LogP contribution in [-0.4, -0.2) is 51.9 Å². The highest BCUT2D eigenvalue weighted by Crippen LogP contribution is 2.30. The van der Waals surface area contributed by atoms with E-state index in [1.54, 1.807) is 18.8 Å². The van der Waals surface area contributed by atoms with Gasteiger partial charge >= 0.3 is 6.03 Å². The van der Waals surface area contributed by atoms with E-state index in [-0.39, 0.29) is 11.9 Å². The summed E-state index contributed by atoms with van der Waals surface area (Å²) in [6, 6.07) is 7.20. The van der Waals surface area contributed by atoms with Crippen LogP contribution in [0.2, 0.25) is 0 Å². The fraction of sp³-hybridized carbons (Fsp3) is 0.550. The number of carbonyl (C=O) groups excluding carboxylic acids is 2. The number of carbonyl (C=O) groups is 2. The summed E-state index contributed by atoms with van der Waals surface area (Å²) in [4.78, 5) is 32.9. The van der Waals surface area contributed by atoms with Gasteiger partial charge < -0.3 is 9.80 Å². The van der Waals surface area contributed by atoms with Crippen molar-refractivity contribution < 1.29 is 9.59 Å². The first-order valence-corrected chi connectivity index (χ1v) is 11.6. The van der Waals surface area contributed by atoms with E-state index in [9.17, 15) is 9.59 Å². The average Bonchev–Trinajstić information content (AvgIpc) is 3.02. The summed E-state index contributed by atoms with van der Waals surface area (Å²) in [5, 5.41) is 3.30. The molecular weight excluding hydrogens is 440 g/mol. The van der Waals surface area contributed by atoms with Crippen LogP contribution >= 0.6 is 27.7 Å². The molecule has 2 unspecified atom stereocenters. The van der Waals surface area contributed by atoms with Gasteiger partial charge in [-0.25, -0.2) is 9.79 Å². The van der Waals surface area contributed by atoms with Crippen molar-refractivity contribution in [2.24, 2.45) is 4.99 Å². The van der Waals surface area contributed by atoms with Crippen LogP contribution in [0.25, 0.3) is 0 Å². The second kappa shape index (κ2) is 9.78. The summed E-state index contributed by atoms with van der Waals surface area (Å²) < 4.78 is 1.00. The maximum absolute atomic E-state index is 12.6. The summed E-state index contributed by atoms with van der Waals surface area (Å²) in [7, 11) is 1.69. The molecule has 8 heteroatoms. The van der Waals surface area contributed by atoms with E-state index < -0.39 is 12.2 Å². The zero-order valence-corrected chi connectivity index (χ0v) is 18.8. The average molecular weight is 467 g/mol. The number of likely N-dealkylation sites (N-methyl/N-ethyl adjacent to an activating group) is 1. The number of fused-ring (bicyclic) bond motifs is 1. The Bertz CT molecular complexity index is 757. The topological polar surface area (TPSA) is 65.0 Å². The summed E-state index contributed by atoms with van der Waals surface area (Å²) in [6.45, 7) is 2.80. The third kappa shape index (κ3) is 4.89. The number of amides is 3. The molecule has 152 valence electrons. The number of urea groups is 1. The SMILES string of the molecule is CCCCCCCSC1=NC2C(C(=O)NC(=O)N2C)N1Cc1cccc(Br)c1. The lowest BCUT2D eigenvalue weighted by Crippen LogP contribution is -2.63. The van der Waals surface area contributed by atoms with Crippen LogP contribution in [-0.2, 0) is 11.3 Å². The highest BCUT2D eigenvalue weighted by molar-refractivity contribution is 9.10. The largest absolute Gasteiger partial charge is 0.331 e. The van der Waals surface area contributed by atoms with Gasteiger partial charge in [-0.1, -0.05) is 72.4 Å². The summed E-state index contributed by atoms with van der Waals surface area (Å²) in [5.74, 6) is 0.696. The fourth-order valence-corrected chi connectivity index (χ4v) is 4.99. The number of hydrogen-bond donors (Lipinski definition) is 1. The molecule has 2 heterocycles. The van der Waals surface area contributed by atoms with Gasteiger partial charge in [0.1, 0.15) is 0 Å². The Hall–Kier alpha value is -1.54. The molecule has 0 aromatic heterocycles. The van der Waals surface area contributed by atoms with Crippen molar-refractivity contribution in [3.05, 3.63) is 34.3 Å². The standard InChI is InChI=1S/C20H27BrN4O2S/c1-3-4-5-6-7-11-28-20-22-17-16(18(26)23-19(27)24(17)2)25(20)13-14-9-8-10-15(21)12-14/h8-10,12,16-17H,3-7,11,13H2,1-2H3,(H,23,26,27). The normalized spacial score (nSPS) is 21.6. The molecule has 3 amide bonds. The van der Waals surface area contributed by atoms with Crippen molar-refractivity contribution >= 4 is 44.8 Å². The molecule has 2 aliphatic rings. The monoisotopic (exact) mass is 466 g/mol. The summed E-state index contributed by atoms with van der Waals surface area (Å²) >= 11 is 5.20. The van der Waals surface area contributed by atoms with E-state index in [1.807, 2.05) is 23.1 Å². The number of amidine groups is 1.